The number of hydrogen-bond acceptors (Lipinski definition) is 2. The molecule has 0 spiro atoms. The van der Waals surface area contributed by atoms with Crippen LogP contribution in [0.1, 0.15) is 33.6 Å². The zero-order valence-corrected chi connectivity index (χ0v) is 12.6. The molecular formula is C15H22ClFN2. The van der Waals surface area contributed by atoms with Gasteiger partial charge in [0.1, 0.15) is 5.82 Å². The Balaban J connectivity index is 2.29. The van der Waals surface area contributed by atoms with Crippen molar-refractivity contribution in [1.82, 2.24) is 5.32 Å². The predicted molar refractivity (Wildman–Crippen MR) is 79.5 cm³/mol. The second-order valence-electron chi connectivity index (χ2n) is 5.58. The molecule has 2 atom stereocenters. The molecule has 1 aromatic carbocycles. The summed E-state index contributed by atoms with van der Waals surface area (Å²) in [5.41, 5.74) is 1.12. The first-order valence-electron chi connectivity index (χ1n) is 6.96. The van der Waals surface area contributed by atoms with E-state index in [0.29, 0.717) is 6.04 Å². The number of piperazine rings is 1. The second-order valence-corrected chi connectivity index (χ2v) is 5.99. The molecule has 19 heavy (non-hydrogen) atoms. The Bertz CT molecular complexity index is 452. The highest BCUT2D eigenvalue weighted by Gasteiger charge is 2.33. The van der Waals surface area contributed by atoms with Gasteiger partial charge in [-0.25, -0.2) is 4.39 Å². The molecule has 2 rings (SSSR count). The molecule has 0 aliphatic carbocycles. The summed E-state index contributed by atoms with van der Waals surface area (Å²) in [6.07, 6.45) is 2.12. The van der Waals surface area contributed by atoms with Gasteiger partial charge in [0.05, 0.1) is 5.02 Å². The fraction of sp³-hybridized carbons (Fsp3) is 0.600. The average Bonchev–Trinajstić information content (AvgIpc) is 2.42. The van der Waals surface area contributed by atoms with Gasteiger partial charge in [0.2, 0.25) is 0 Å². The van der Waals surface area contributed by atoms with Crippen molar-refractivity contribution in [2.24, 2.45) is 0 Å². The molecule has 1 aromatic rings. The maximum atomic E-state index is 13.3. The van der Waals surface area contributed by atoms with Crippen LogP contribution >= 0.6 is 11.6 Å². The Labute approximate surface area is 119 Å². The summed E-state index contributed by atoms with van der Waals surface area (Å²) in [7, 11) is 0. The van der Waals surface area contributed by atoms with E-state index in [1.165, 1.54) is 6.07 Å². The fourth-order valence-corrected chi connectivity index (χ4v) is 2.78. The number of anilines is 1. The zero-order chi connectivity index (χ0) is 14.0. The predicted octanol–water partition coefficient (Wildman–Crippen LogP) is 3.84. The van der Waals surface area contributed by atoms with Crippen LogP contribution in [0.25, 0.3) is 0 Å². The smallest absolute Gasteiger partial charge is 0.141 e. The first kappa shape index (κ1) is 14.6. The standard InChI is InChI=1S/C15H22ClFN2/c1-4-11-9-18-15(3,5-2)10-19(11)12-6-7-14(17)13(16)8-12/h6-8,11,18H,4-5,9-10H2,1-3H3. The SMILES string of the molecule is CCC1CNC(C)(CC)CN1c1ccc(F)c(Cl)c1. The number of hydrogen-bond donors (Lipinski definition) is 1. The first-order chi connectivity index (χ1) is 8.99. The molecule has 0 saturated carbocycles. The quantitative estimate of drug-likeness (QED) is 0.907. The molecule has 1 aliphatic rings. The minimum Gasteiger partial charge on any atom is -0.365 e. The molecule has 0 bridgehead atoms. The summed E-state index contributed by atoms with van der Waals surface area (Å²) < 4.78 is 13.3. The van der Waals surface area contributed by atoms with E-state index in [1.807, 2.05) is 6.07 Å². The van der Waals surface area contributed by atoms with Gasteiger partial charge in [-0.1, -0.05) is 25.4 Å². The lowest BCUT2D eigenvalue weighted by Gasteiger charge is -2.47. The summed E-state index contributed by atoms with van der Waals surface area (Å²) >= 11 is 5.91. The lowest BCUT2D eigenvalue weighted by Crippen LogP contribution is -2.62. The molecule has 2 nitrogen and oxygen atoms in total. The van der Waals surface area contributed by atoms with E-state index in [0.717, 1.165) is 31.6 Å². The summed E-state index contributed by atoms with van der Waals surface area (Å²) in [5, 5.41) is 3.82. The third-order valence-corrected chi connectivity index (χ3v) is 4.50. The Morgan fingerprint density at radius 1 is 1.47 bits per heavy atom. The largest absolute Gasteiger partial charge is 0.365 e. The monoisotopic (exact) mass is 284 g/mol. The Kier molecular flexibility index (Phi) is 4.36. The lowest BCUT2D eigenvalue weighted by atomic mass is 9.92. The van der Waals surface area contributed by atoms with Crippen LogP contribution in [0.3, 0.4) is 0 Å². The molecule has 1 heterocycles. The minimum atomic E-state index is -0.355. The van der Waals surface area contributed by atoms with E-state index in [9.17, 15) is 4.39 Å². The van der Waals surface area contributed by atoms with Crippen LogP contribution in [0, 0.1) is 5.82 Å². The van der Waals surface area contributed by atoms with E-state index in [4.69, 9.17) is 11.6 Å². The third-order valence-electron chi connectivity index (χ3n) is 4.21. The molecule has 0 amide bonds. The van der Waals surface area contributed by atoms with Crippen molar-refractivity contribution in [3.05, 3.63) is 29.0 Å². The van der Waals surface area contributed by atoms with Gasteiger partial charge in [0.15, 0.2) is 0 Å². The summed E-state index contributed by atoms with van der Waals surface area (Å²) in [5.74, 6) is -0.355. The van der Waals surface area contributed by atoms with Crippen molar-refractivity contribution in [2.45, 2.75) is 45.2 Å². The van der Waals surface area contributed by atoms with Gasteiger partial charge in [0, 0.05) is 30.4 Å². The van der Waals surface area contributed by atoms with Gasteiger partial charge in [-0.05, 0) is 38.0 Å². The van der Waals surface area contributed by atoms with Gasteiger partial charge in [-0.15, -0.1) is 0 Å². The number of nitrogens with one attached hydrogen (secondary N) is 1. The summed E-state index contributed by atoms with van der Waals surface area (Å²) in [6, 6.07) is 5.45. The first-order valence-corrected chi connectivity index (χ1v) is 7.33. The number of nitrogens with zero attached hydrogens (tertiary/aromatic N) is 1. The van der Waals surface area contributed by atoms with E-state index in [2.05, 4.69) is 31.0 Å². The van der Waals surface area contributed by atoms with Crippen molar-refractivity contribution in [3.8, 4) is 0 Å². The van der Waals surface area contributed by atoms with E-state index in [1.54, 1.807) is 6.07 Å². The van der Waals surface area contributed by atoms with Crippen LogP contribution in [0.5, 0.6) is 0 Å². The Morgan fingerprint density at radius 2 is 2.21 bits per heavy atom. The zero-order valence-electron chi connectivity index (χ0n) is 11.8. The molecule has 2 unspecified atom stereocenters. The highest BCUT2D eigenvalue weighted by atomic mass is 35.5. The van der Waals surface area contributed by atoms with Crippen molar-refractivity contribution < 1.29 is 4.39 Å². The fourth-order valence-electron chi connectivity index (χ4n) is 2.60. The third kappa shape index (κ3) is 3.03. The molecule has 4 heteroatoms. The number of rotatable bonds is 3. The Morgan fingerprint density at radius 3 is 2.79 bits per heavy atom. The second kappa shape index (κ2) is 5.68. The van der Waals surface area contributed by atoms with Gasteiger partial charge in [0.25, 0.3) is 0 Å². The summed E-state index contributed by atoms with van der Waals surface area (Å²) in [6.45, 7) is 8.48. The van der Waals surface area contributed by atoms with E-state index in [-0.39, 0.29) is 16.4 Å². The van der Waals surface area contributed by atoms with E-state index < -0.39 is 0 Å². The van der Waals surface area contributed by atoms with Crippen molar-refractivity contribution in [3.63, 3.8) is 0 Å². The Hall–Kier alpha value is -0.800. The lowest BCUT2D eigenvalue weighted by molar-refractivity contribution is 0.276. The molecule has 106 valence electrons. The van der Waals surface area contributed by atoms with Crippen LogP contribution in [-0.4, -0.2) is 24.7 Å². The molecule has 1 aliphatic heterocycles. The topological polar surface area (TPSA) is 15.3 Å². The highest BCUT2D eigenvalue weighted by molar-refractivity contribution is 6.31. The van der Waals surface area contributed by atoms with Crippen LogP contribution in [0.4, 0.5) is 10.1 Å². The summed E-state index contributed by atoms with van der Waals surface area (Å²) in [4.78, 5) is 2.35. The minimum absolute atomic E-state index is 0.104. The van der Waals surface area contributed by atoms with E-state index >= 15 is 0 Å². The van der Waals surface area contributed by atoms with Crippen LogP contribution in [-0.2, 0) is 0 Å². The van der Waals surface area contributed by atoms with Crippen LogP contribution in [0.2, 0.25) is 5.02 Å². The van der Waals surface area contributed by atoms with Crippen LogP contribution < -0.4 is 10.2 Å². The van der Waals surface area contributed by atoms with Crippen molar-refractivity contribution in [1.29, 1.82) is 0 Å². The highest BCUT2D eigenvalue weighted by Crippen LogP contribution is 2.29. The molecule has 1 N–H and O–H groups in total. The number of halogens is 2. The van der Waals surface area contributed by atoms with Gasteiger partial charge in [-0.2, -0.15) is 0 Å². The maximum absolute atomic E-state index is 13.3. The maximum Gasteiger partial charge on any atom is 0.141 e. The van der Waals surface area contributed by atoms with Gasteiger partial charge in [-0.3, -0.25) is 0 Å². The molecule has 0 aromatic heterocycles. The van der Waals surface area contributed by atoms with Crippen LogP contribution in [0.15, 0.2) is 18.2 Å². The molecular weight excluding hydrogens is 263 g/mol. The van der Waals surface area contributed by atoms with Gasteiger partial charge < -0.3 is 10.2 Å². The van der Waals surface area contributed by atoms with Gasteiger partial charge >= 0.3 is 0 Å². The molecule has 0 radical (unpaired) electrons. The van der Waals surface area contributed by atoms with Crippen molar-refractivity contribution in [2.75, 3.05) is 18.0 Å². The molecule has 1 saturated heterocycles. The molecule has 1 fully saturated rings. The normalized spacial score (nSPS) is 27.6. The number of benzene rings is 1. The van der Waals surface area contributed by atoms with Crippen molar-refractivity contribution >= 4 is 17.3 Å². The average molecular weight is 285 g/mol.